The van der Waals surface area contributed by atoms with Crippen LogP contribution in [0.5, 0.6) is 0 Å². The minimum atomic E-state index is -3.19. The maximum atomic E-state index is 12.9. The predicted octanol–water partition coefficient (Wildman–Crippen LogP) is 3.53. The molecule has 0 aromatic carbocycles. The lowest BCUT2D eigenvalue weighted by Crippen LogP contribution is -2.35. The smallest absolute Gasteiger partial charge is 0.362 e. The van der Waals surface area contributed by atoms with Crippen LogP contribution in [0.15, 0.2) is 0 Å². The van der Waals surface area contributed by atoms with Crippen LogP contribution in [0.4, 0.5) is 0 Å². The number of alkyl halides is 1. The first-order valence-corrected chi connectivity index (χ1v) is 8.39. The Labute approximate surface area is 107 Å². The van der Waals surface area contributed by atoms with Gasteiger partial charge in [-0.05, 0) is 32.1 Å². The van der Waals surface area contributed by atoms with Crippen LogP contribution in [0.2, 0.25) is 0 Å². The van der Waals surface area contributed by atoms with Gasteiger partial charge < -0.3 is 13.8 Å². The molecular formula is C11H20ClO4P. The van der Waals surface area contributed by atoms with Gasteiger partial charge in [0.25, 0.3) is 0 Å². The second-order valence-electron chi connectivity index (χ2n) is 4.56. The van der Waals surface area contributed by atoms with Gasteiger partial charge in [-0.25, -0.2) is 0 Å². The molecule has 1 spiro atoms. The van der Waals surface area contributed by atoms with Crippen LogP contribution in [-0.4, -0.2) is 31.0 Å². The summed E-state index contributed by atoms with van der Waals surface area (Å²) in [6.07, 6.45) is 5.53. The van der Waals surface area contributed by atoms with E-state index in [1.165, 1.54) is 6.42 Å². The zero-order chi connectivity index (χ0) is 12.2. The molecule has 1 saturated carbocycles. The van der Waals surface area contributed by atoms with Crippen molar-refractivity contribution in [3.05, 3.63) is 0 Å². The second kappa shape index (κ2) is 6.03. The van der Waals surface area contributed by atoms with Gasteiger partial charge in [0.15, 0.2) is 5.34 Å². The average molecular weight is 283 g/mol. The fourth-order valence-corrected chi connectivity index (χ4v) is 5.08. The zero-order valence-electron chi connectivity index (χ0n) is 10.0. The molecule has 1 aliphatic carbocycles. The molecule has 2 rings (SSSR count). The van der Waals surface area contributed by atoms with Crippen LogP contribution >= 0.6 is 19.2 Å². The summed E-state index contributed by atoms with van der Waals surface area (Å²) in [5.41, 5.74) is 0. The van der Waals surface area contributed by atoms with Gasteiger partial charge in [-0.1, -0.05) is 6.42 Å². The molecule has 100 valence electrons. The normalized spacial score (nSPS) is 33.5. The van der Waals surface area contributed by atoms with E-state index in [0.29, 0.717) is 19.1 Å². The Morgan fingerprint density at radius 3 is 2.65 bits per heavy atom. The maximum Gasteiger partial charge on any atom is 0.362 e. The molecule has 0 aromatic rings. The highest BCUT2D eigenvalue weighted by Gasteiger charge is 2.53. The van der Waals surface area contributed by atoms with E-state index in [9.17, 15) is 4.57 Å². The molecule has 0 aromatic heterocycles. The summed E-state index contributed by atoms with van der Waals surface area (Å²) in [6.45, 7) is 1.31. The first-order chi connectivity index (χ1) is 8.22. The van der Waals surface area contributed by atoms with Crippen LogP contribution in [0.3, 0.4) is 0 Å². The molecule has 1 atom stereocenters. The molecule has 6 heteroatoms. The molecule has 1 heterocycles. The summed E-state index contributed by atoms with van der Waals surface area (Å²) in [7, 11) is -3.19. The van der Waals surface area contributed by atoms with Crippen LogP contribution < -0.4 is 0 Å². The number of ether oxygens (including phenoxy) is 1. The molecule has 2 fully saturated rings. The highest BCUT2D eigenvalue weighted by Crippen LogP contribution is 2.66. The molecule has 0 amide bonds. The molecule has 1 aliphatic heterocycles. The summed E-state index contributed by atoms with van der Waals surface area (Å²) in [5.74, 6) is 0.323. The Kier molecular flexibility index (Phi) is 4.90. The molecular weight excluding hydrogens is 263 g/mol. The molecule has 0 N–H and O–H groups in total. The Morgan fingerprint density at radius 1 is 1.18 bits per heavy atom. The highest BCUT2D eigenvalue weighted by atomic mass is 35.5. The third kappa shape index (κ3) is 2.87. The van der Waals surface area contributed by atoms with Gasteiger partial charge in [-0.15, -0.1) is 11.6 Å². The first kappa shape index (κ1) is 13.8. The van der Waals surface area contributed by atoms with E-state index >= 15 is 0 Å². The summed E-state index contributed by atoms with van der Waals surface area (Å²) in [5, 5.41) is -0.701. The third-order valence-electron chi connectivity index (χ3n) is 3.39. The summed E-state index contributed by atoms with van der Waals surface area (Å²) in [6, 6.07) is 0. The third-order valence-corrected chi connectivity index (χ3v) is 6.17. The van der Waals surface area contributed by atoms with Crippen molar-refractivity contribution in [1.29, 1.82) is 0 Å². The largest absolute Gasteiger partial charge is 0.362 e. The van der Waals surface area contributed by atoms with Gasteiger partial charge in [-0.2, -0.15) is 0 Å². The van der Waals surface area contributed by atoms with Gasteiger partial charge in [0.1, 0.15) is 0 Å². The Balaban J connectivity index is 2.19. The molecule has 1 saturated heterocycles. The van der Waals surface area contributed by atoms with Crippen molar-refractivity contribution in [2.75, 3.05) is 25.7 Å². The number of hydrogen-bond acceptors (Lipinski definition) is 4. The molecule has 0 radical (unpaired) electrons. The van der Waals surface area contributed by atoms with Crippen molar-refractivity contribution in [2.24, 2.45) is 0 Å². The van der Waals surface area contributed by atoms with Crippen LogP contribution in [-0.2, 0) is 18.3 Å². The summed E-state index contributed by atoms with van der Waals surface area (Å²) in [4.78, 5) is 0. The average Bonchev–Trinajstić information content (AvgIpc) is 2.50. The monoisotopic (exact) mass is 282 g/mol. The minimum absolute atomic E-state index is 0.254. The minimum Gasteiger partial charge on any atom is -0.362 e. The lowest BCUT2D eigenvalue weighted by molar-refractivity contribution is -0.0185. The first-order valence-electron chi connectivity index (χ1n) is 6.32. The van der Waals surface area contributed by atoms with E-state index in [1.54, 1.807) is 0 Å². The topological polar surface area (TPSA) is 44.8 Å². The fourth-order valence-electron chi connectivity index (χ4n) is 2.53. The fraction of sp³-hybridized carbons (Fsp3) is 1.00. The quantitative estimate of drug-likeness (QED) is 0.587. The standard InChI is InChI=1S/C11H20ClO4P/c12-7-10-16-17(13)11(5-2-1-3-6-11)14-8-4-9-15-17/h1-10H2/t17-/m1/s1. The van der Waals surface area contributed by atoms with Crippen molar-refractivity contribution in [3.8, 4) is 0 Å². The predicted molar refractivity (Wildman–Crippen MR) is 66.6 cm³/mol. The zero-order valence-corrected chi connectivity index (χ0v) is 11.7. The van der Waals surface area contributed by atoms with E-state index in [1.807, 2.05) is 0 Å². The highest BCUT2D eigenvalue weighted by molar-refractivity contribution is 7.55. The Bertz CT molecular complexity index is 291. The second-order valence-corrected chi connectivity index (χ2v) is 7.27. The maximum absolute atomic E-state index is 12.9. The van der Waals surface area contributed by atoms with Crippen molar-refractivity contribution in [3.63, 3.8) is 0 Å². The molecule has 0 bridgehead atoms. The number of rotatable bonds is 3. The van der Waals surface area contributed by atoms with Gasteiger partial charge in [0, 0.05) is 5.88 Å². The van der Waals surface area contributed by atoms with Crippen molar-refractivity contribution >= 4 is 19.2 Å². The van der Waals surface area contributed by atoms with E-state index in [0.717, 1.165) is 32.1 Å². The van der Waals surface area contributed by atoms with E-state index in [-0.39, 0.29) is 6.61 Å². The van der Waals surface area contributed by atoms with Gasteiger partial charge in [-0.3, -0.25) is 4.57 Å². The van der Waals surface area contributed by atoms with E-state index < -0.39 is 12.9 Å². The summed E-state index contributed by atoms with van der Waals surface area (Å²) >= 11 is 5.61. The Hall–Kier alpha value is 0.400. The van der Waals surface area contributed by atoms with Gasteiger partial charge >= 0.3 is 7.60 Å². The van der Waals surface area contributed by atoms with E-state index in [4.69, 9.17) is 25.4 Å². The molecule has 2 aliphatic rings. The SMILES string of the molecule is O=[P@@]1(OCCCl)OCCCOC12CCCCC2. The lowest BCUT2D eigenvalue weighted by atomic mass is 9.97. The van der Waals surface area contributed by atoms with Gasteiger partial charge in [0.05, 0.1) is 19.8 Å². The Morgan fingerprint density at radius 2 is 1.94 bits per heavy atom. The van der Waals surface area contributed by atoms with Crippen LogP contribution in [0, 0.1) is 0 Å². The van der Waals surface area contributed by atoms with Crippen LogP contribution in [0.25, 0.3) is 0 Å². The molecule has 17 heavy (non-hydrogen) atoms. The lowest BCUT2D eigenvalue weighted by Gasteiger charge is -2.39. The number of hydrogen-bond donors (Lipinski definition) is 0. The molecule has 4 nitrogen and oxygen atoms in total. The van der Waals surface area contributed by atoms with Gasteiger partial charge in [0.2, 0.25) is 0 Å². The summed E-state index contributed by atoms with van der Waals surface area (Å²) < 4.78 is 29.8. The van der Waals surface area contributed by atoms with Crippen molar-refractivity contribution < 1.29 is 18.3 Å². The van der Waals surface area contributed by atoms with Crippen molar-refractivity contribution in [1.82, 2.24) is 0 Å². The van der Waals surface area contributed by atoms with E-state index in [2.05, 4.69) is 0 Å². The molecule has 0 unspecified atom stereocenters. The number of halogens is 1. The van der Waals surface area contributed by atoms with Crippen molar-refractivity contribution in [2.45, 2.75) is 43.9 Å². The van der Waals surface area contributed by atoms with Crippen LogP contribution in [0.1, 0.15) is 38.5 Å².